The molecule has 1 aliphatic heterocycles. The Balaban J connectivity index is 1.53. The third-order valence-corrected chi connectivity index (χ3v) is 5.50. The molecule has 3 rings (SSSR count). The van der Waals surface area contributed by atoms with E-state index in [-0.39, 0.29) is 5.92 Å². The van der Waals surface area contributed by atoms with Crippen molar-refractivity contribution in [3.05, 3.63) is 35.9 Å². The molecule has 0 aromatic heterocycles. The summed E-state index contributed by atoms with van der Waals surface area (Å²) in [4.78, 5) is 14.7. The second-order valence-corrected chi connectivity index (χ2v) is 6.91. The lowest BCUT2D eigenvalue weighted by Crippen LogP contribution is -3.29. The van der Waals surface area contributed by atoms with Crippen molar-refractivity contribution in [1.29, 1.82) is 0 Å². The minimum Gasteiger partial charge on any atom is -0.481 e. The van der Waals surface area contributed by atoms with Gasteiger partial charge in [-0.2, -0.15) is 0 Å². The Morgan fingerprint density at radius 3 is 2.41 bits per heavy atom. The van der Waals surface area contributed by atoms with Gasteiger partial charge in [0.15, 0.2) is 0 Å². The lowest BCUT2D eigenvalue weighted by atomic mass is 9.83. The molecule has 0 unspecified atom stereocenters. The summed E-state index contributed by atoms with van der Waals surface area (Å²) < 4.78 is 0. The van der Waals surface area contributed by atoms with E-state index in [4.69, 9.17) is 0 Å². The van der Waals surface area contributed by atoms with Gasteiger partial charge in [-0.15, -0.1) is 0 Å². The maximum Gasteiger partial charge on any atom is 0.312 e. The van der Waals surface area contributed by atoms with Crippen LogP contribution in [0.2, 0.25) is 0 Å². The lowest BCUT2D eigenvalue weighted by molar-refractivity contribution is -1.03. The van der Waals surface area contributed by atoms with Gasteiger partial charge in [0.2, 0.25) is 0 Å². The maximum atomic E-state index is 11.5. The summed E-state index contributed by atoms with van der Waals surface area (Å²) in [5.74, 6) is -0.685. The molecule has 1 heterocycles. The molecular formula is C18H28N2O2+2. The number of rotatable bonds is 4. The number of carboxylic acids is 1. The van der Waals surface area contributed by atoms with Crippen LogP contribution in [0.3, 0.4) is 0 Å². The quantitative estimate of drug-likeness (QED) is 0.710. The second-order valence-electron chi connectivity index (χ2n) is 6.91. The number of hydrogen-bond acceptors (Lipinski definition) is 1. The van der Waals surface area contributed by atoms with E-state index in [0.29, 0.717) is 6.04 Å². The monoisotopic (exact) mass is 304 g/mol. The lowest BCUT2D eigenvalue weighted by Gasteiger charge is -2.38. The molecule has 4 nitrogen and oxygen atoms in total. The van der Waals surface area contributed by atoms with E-state index >= 15 is 0 Å². The highest BCUT2D eigenvalue weighted by Gasteiger charge is 2.39. The first kappa shape index (κ1) is 15.5. The number of quaternary nitrogens is 2. The summed E-state index contributed by atoms with van der Waals surface area (Å²) in [7, 11) is 0. The molecule has 120 valence electrons. The third kappa shape index (κ3) is 3.68. The Bertz CT molecular complexity index is 483. The molecule has 22 heavy (non-hydrogen) atoms. The van der Waals surface area contributed by atoms with Crippen molar-refractivity contribution in [3.63, 3.8) is 0 Å². The van der Waals surface area contributed by atoms with E-state index in [9.17, 15) is 9.90 Å². The molecule has 1 aliphatic carbocycles. The molecule has 0 bridgehead atoms. The number of carbonyl (C=O) groups is 1. The van der Waals surface area contributed by atoms with Crippen LogP contribution in [0.4, 0.5) is 0 Å². The van der Waals surface area contributed by atoms with Gasteiger partial charge >= 0.3 is 5.97 Å². The van der Waals surface area contributed by atoms with Crippen LogP contribution in [0, 0.1) is 5.92 Å². The van der Waals surface area contributed by atoms with Crippen LogP contribution in [0.25, 0.3) is 0 Å². The van der Waals surface area contributed by atoms with Crippen LogP contribution < -0.4 is 9.80 Å². The number of aliphatic carboxylic acids is 1. The van der Waals surface area contributed by atoms with Gasteiger partial charge in [0, 0.05) is 12.0 Å². The molecule has 1 saturated heterocycles. The zero-order valence-corrected chi connectivity index (χ0v) is 13.3. The fourth-order valence-electron chi connectivity index (χ4n) is 4.27. The summed E-state index contributed by atoms with van der Waals surface area (Å²) in [5, 5.41) is 9.47. The average molecular weight is 304 g/mol. The van der Waals surface area contributed by atoms with Gasteiger partial charge < -0.3 is 14.9 Å². The normalized spacial score (nSPS) is 32.5. The Labute approximate surface area is 132 Å². The zero-order valence-electron chi connectivity index (χ0n) is 13.3. The van der Waals surface area contributed by atoms with Crippen molar-refractivity contribution in [2.24, 2.45) is 5.92 Å². The highest BCUT2D eigenvalue weighted by atomic mass is 16.4. The number of carboxylic acid groups (broad SMARTS) is 1. The molecule has 0 amide bonds. The molecule has 0 radical (unpaired) electrons. The topological polar surface area (TPSA) is 46.2 Å². The van der Waals surface area contributed by atoms with E-state index in [1.165, 1.54) is 12.0 Å². The minimum atomic E-state index is -0.573. The Kier molecular flexibility index (Phi) is 5.11. The van der Waals surface area contributed by atoms with Gasteiger partial charge in [-0.3, -0.25) is 4.79 Å². The summed E-state index contributed by atoms with van der Waals surface area (Å²) in [6.07, 6.45) is 4.27. The summed E-state index contributed by atoms with van der Waals surface area (Å²) in [6.45, 7) is 5.66. The van der Waals surface area contributed by atoms with E-state index in [1.807, 2.05) is 0 Å². The average Bonchev–Trinajstić information content (AvgIpc) is 2.56. The van der Waals surface area contributed by atoms with Crippen molar-refractivity contribution < 1.29 is 19.7 Å². The fourth-order valence-corrected chi connectivity index (χ4v) is 4.27. The van der Waals surface area contributed by atoms with Gasteiger partial charge in [-0.25, -0.2) is 0 Å². The molecule has 1 saturated carbocycles. The van der Waals surface area contributed by atoms with Gasteiger partial charge in [0.1, 0.15) is 44.7 Å². The highest BCUT2D eigenvalue weighted by Crippen LogP contribution is 2.22. The summed E-state index contributed by atoms with van der Waals surface area (Å²) in [5.41, 5.74) is 1.40. The summed E-state index contributed by atoms with van der Waals surface area (Å²) >= 11 is 0. The Morgan fingerprint density at radius 1 is 1.05 bits per heavy atom. The van der Waals surface area contributed by atoms with Gasteiger partial charge in [-0.1, -0.05) is 36.8 Å². The molecule has 2 aliphatic rings. The third-order valence-electron chi connectivity index (χ3n) is 5.50. The summed E-state index contributed by atoms with van der Waals surface area (Å²) in [6, 6.07) is 11.0. The van der Waals surface area contributed by atoms with Crippen LogP contribution in [0.1, 0.15) is 31.2 Å². The minimum absolute atomic E-state index is 0.112. The number of piperazine rings is 1. The van der Waals surface area contributed by atoms with E-state index in [0.717, 1.165) is 52.0 Å². The number of hydrogen-bond donors (Lipinski definition) is 3. The molecule has 3 N–H and O–H groups in total. The van der Waals surface area contributed by atoms with Crippen LogP contribution in [0.5, 0.6) is 0 Å². The largest absolute Gasteiger partial charge is 0.481 e. The first-order valence-electron chi connectivity index (χ1n) is 8.69. The fraction of sp³-hybridized carbons (Fsp3) is 0.611. The van der Waals surface area contributed by atoms with Crippen molar-refractivity contribution in [3.8, 4) is 0 Å². The molecule has 1 aromatic carbocycles. The van der Waals surface area contributed by atoms with Crippen molar-refractivity contribution >= 4 is 5.97 Å². The van der Waals surface area contributed by atoms with Gasteiger partial charge in [0.25, 0.3) is 0 Å². The van der Waals surface area contributed by atoms with Crippen LogP contribution >= 0.6 is 0 Å². The highest BCUT2D eigenvalue weighted by molar-refractivity contribution is 5.70. The molecule has 2 fully saturated rings. The van der Waals surface area contributed by atoms with Crippen LogP contribution in [-0.2, 0) is 11.3 Å². The van der Waals surface area contributed by atoms with E-state index in [2.05, 4.69) is 30.3 Å². The molecule has 4 heteroatoms. The smallest absolute Gasteiger partial charge is 0.312 e. The van der Waals surface area contributed by atoms with E-state index in [1.54, 1.807) is 9.80 Å². The predicted molar refractivity (Wildman–Crippen MR) is 84.9 cm³/mol. The van der Waals surface area contributed by atoms with Crippen molar-refractivity contribution in [2.75, 3.05) is 26.2 Å². The zero-order chi connectivity index (χ0) is 15.4. The SMILES string of the molecule is O=C(O)[C@H]1CCCC[C@@H]1[NH+]1CC[NH+](Cc2ccccc2)CC1. The second kappa shape index (κ2) is 7.25. The first-order chi connectivity index (χ1) is 10.7. The molecular weight excluding hydrogens is 276 g/mol. The standard InChI is InChI=1S/C18H26N2O2/c21-18(22)16-8-4-5-9-17(16)20-12-10-19(11-13-20)14-15-6-2-1-3-7-15/h1-3,6-7,16-17H,4-5,8-14H2,(H,21,22)/p+2/t16-,17-/m0/s1. The van der Waals surface area contributed by atoms with E-state index < -0.39 is 5.97 Å². The van der Waals surface area contributed by atoms with Crippen LogP contribution in [-0.4, -0.2) is 43.3 Å². The number of benzene rings is 1. The Morgan fingerprint density at radius 2 is 1.73 bits per heavy atom. The molecule has 2 atom stereocenters. The molecule has 1 aromatic rings. The molecule has 0 spiro atoms. The Hall–Kier alpha value is -1.39. The van der Waals surface area contributed by atoms with Gasteiger partial charge in [-0.05, 0) is 12.8 Å². The van der Waals surface area contributed by atoms with Crippen molar-refractivity contribution in [1.82, 2.24) is 0 Å². The predicted octanol–water partition coefficient (Wildman–Crippen LogP) is -0.387. The van der Waals surface area contributed by atoms with Crippen LogP contribution in [0.15, 0.2) is 30.3 Å². The van der Waals surface area contributed by atoms with Gasteiger partial charge in [0.05, 0.1) is 0 Å². The number of nitrogens with one attached hydrogen (secondary N) is 2. The first-order valence-corrected chi connectivity index (χ1v) is 8.69. The van der Waals surface area contributed by atoms with Crippen molar-refractivity contribution in [2.45, 2.75) is 38.3 Å². The maximum absolute atomic E-state index is 11.5.